The fraction of sp³-hybridized carbons (Fsp3) is 0.214. The van der Waals surface area contributed by atoms with Crippen LogP contribution in [0.25, 0.3) is 0 Å². The molecule has 2 rings (SSSR count). The van der Waals surface area contributed by atoms with Crippen molar-refractivity contribution in [3.05, 3.63) is 52.2 Å². The van der Waals surface area contributed by atoms with Crippen molar-refractivity contribution in [1.82, 2.24) is 4.72 Å². The summed E-state index contributed by atoms with van der Waals surface area (Å²) in [7, 11) is -3.57. The molecule has 0 radical (unpaired) electrons. The molecular weight excluding hydrogens is 324 g/mol. The number of sulfonamides is 1. The SMILES string of the molecule is CCC(NS(=O)(=O)c1ccc(C(N)=S)cc1)c1cccs1. The summed E-state index contributed by atoms with van der Waals surface area (Å²) in [6, 6.07) is 9.87. The van der Waals surface area contributed by atoms with Crippen molar-refractivity contribution >= 4 is 38.6 Å². The van der Waals surface area contributed by atoms with Crippen molar-refractivity contribution in [1.29, 1.82) is 0 Å². The van der Waals surface area contributed by atoms with Gasteiger partial charge in [0.1, 0.15) is 4.99 Å². The standard InChI is InChI=1S/C14H16N2O2S3/c1-2-12(13-4-3-9-20-13)16-21(17,18)11-7-5-10(6-8-11)14(15)19/h3-9,12,16H,2H2,1H3,(H2,15,19). The Bertz CT molecular complexity index is 707. The smallest absolute Gasteiger partial charge is 0.241 e. The monoisotopic (exact) mass is 340 g/mol. The van der Waals surface area contributed by atoms with Crippen LogP contribution >= 0.6 is 23.6 Å². The second-order valence-electron chi connectivity index (χ2n) is 4.49. The maximum absolute atomic E-state index is 12.4. The zero-order chi connectivity index (χ0) is 15.5. The number of thiocarbonyl (C=S) groups is 1. The van der Waals surface area contributed by atoms with E-state index in [4.69, 9.17) is 18.0 Å². The summed E-state index contributed by atoms with van der Waals surface area (Å²) in [5.41, 5.74) is 6.15. The molecule has 3 N–H and O–H groups in total. The van der Waals surface area contributed by atoms with Gasteiger partial charge >= 0.3 is 0 Å². The third-order valence-electron chi connectivity index (χ3n) is 3.04. The van der Waals surface area contributed by atoms with E-state index in [0.29, 0.717) is 12.0 Å². The van der Waals surface area contributed by atoms with Gasteiger partial charge in [0, 0.05) is 10.4 Å². The second-order valence-corrected chi connectivity index (χ2v) is 7.62. The minimum Gasteiger partial charge on any atom is -0.389 e. The number of rotatable bonds is 6. The van der Waals surface area contributed by atoms with Gasteiger partial charge in [-0.2, -0.15) is 0 Å². The Kier molecular flexibility index (Phi) is 5.10. The molecule has 7 heteroatoms. The number of hydrogen-bond donors (Lipinski definition) is 2. The average molecular weight is 340 g/mol. The highest BCUT2D eigenvalue weighted by molar-refractivity contribution is 7.89. The van der Waals surface area contributed by atoms with Crippen LogP contribution in [0.3, 0.4) is 0 Å². The van der Waals surface area contributed by atoms with E-state index in [9.17, 15) is 8.42 Å². The predicted molar refractivity (Wildman–Crippen MR) is 90.0 cm³/mol. The Hall–Kier alpha value is -1.28. The molecule has 0 aliphatic heterocycles. The third-order valence-corrected chi connectivity index (χ3v) is 5.75. The first-order valence-electron chi connectivity index (χ1n) is 6.39. The predicted octanol–water partition coefficient (Wildman–Crippen LogP) is 2.81. The van der Waals surface area contributed by atoms with Gasteiger partial charge < -0.3 is 5.73 Å². The van der Waals surface area contributed by atoms with Crippen LogP contribution in [0.15, 0.2) is 46.7 Å². The maximum Gasteiger partial charge on any atom is 0.241 e. The second kappa shape index (κ2) is 6.65. The molecule has 1 heterocycles. The lowest BCUT2D eigenvalue weighted by atomic mass is 10.2. The summed E-state index contributed by atoms with van der Waals surface area (Å²) in [5, 5.41) is 1.93. The minimum absolute atomic E-state index is 0.206. The molecule has 0 aliphatic carbocycles. The molecule has 0 saturated carbocycles. The summed E-state index contributed by atoms with van der Waals surface area (Å²) in [6.45, 7) is 1.95. The van der Waals surface area contributed by atoms with Gasteiger partial charge in [-0.1, -0.05) is 37.3 Å². The van der Waals surface area contributed by atoms with Gasteiger partial charge in [-0.3, -0.25) is 0 Å². The Balaban J connectivity index is 2.23. The molecule has 1 aromatic carbocycles. The van der Waals surface area contributed by atoms with Crippen LogP contribution in [0.5, 0.6) is 0 Å². The molecule has 4 nitrogen and oxygen atoms in total. The molecule has 1 aromatic heterocycles. The first kappa shape index (κ1) is 16.1. The van der Waals surface area contributed by atoms with Gasteiger partial charge in [0.15, 0.2) is 0 Å². The molecule has 2 aromatic rings. The van der Waals surface area contributed by atoms with Crippen LogP contribution in [-0.2, 0) is 10.0 Å². The molecule has 0 aliphatic rings. The highest BCUT2D eigenvalue weighted by Gasteiger charge is 2.20. The molecule has 0 bridgehead atoms. The van der Waals surface area contributed by atoms with Gasteiger partial charge in [0.25, 0.3) is 0 Å². The van der Waals surface area contributed by atoms with Crippen molar-refractivity contribution in [3.63, 3.8) is 0 Å². The summed E-state index contributed by atoms with van der Waals surface area (Å²) in [6.07, 6.45) is 0.685. The number of benzene rings is 1. The zero-order valence-electron chi connectivity index (χ0n) is 11.4. The molecule has 1 unspecified atom stereocenters. The van der Waals surface area contributed by atoms with Crippen LogP contribution in [-0.4, -0.2) is 13.4 Å². The first-order valence-corrected chi connectivity index (χ1v) is 9.16. The van der Waals surface area contributed by atoms with Crippen molar-refractivity contribution in [3.8, 4) is 0 Å². The van der Waals surface area contributed by atoms with Crippen molar-refractivity contribution in [2.75, 3.05) is 0 Å². The summed E-state index contributed by atoms with van der Waals surface area (Å²) >= 11 is 6.39. The van der Waals surface area contributed by atoms with E-state index in [0.717, 1.165) is 4.88 Å². The first-order chi connectivity index (χ1) is 9.94. The highest BCUT2D eigenvalue weighted by Crippen LogP contribution is 2.24. The van der Waals surface area contributed by atoms with Crippen molar-refractivity contribution in [2.24, 2.45) is 5.73 Å². The molecule has 0 spiro atoms. The fourth-order valence-corrected chi connectivity index (χ4v) is 4.26. The Morgan fingerprint density at radius 3 is 2.48 bits per heavy atom. The van der Waals surface area contributed by atoms with Crippen molar-refractivity contribution in [2.45, 2.75) is 24.3 Å². The van der Waals surface area contributed by atoms with Crippen LogP contribution < -0.4 is 10.5 Å². The van der Waals surface area contributed by atoms with Gasteiger partial charge in [0.2, 0.25) is 10.0 Å². The topological polar surface area (TPSA) is 72.2 Å². The van der Waals surface area contributed by atoms with Gasteiger partial charge in [-0.05, 0) is 30.0 Å². The lowest BCUT2D eigenvalue weighted by Gasteiger charge is -2.16. The Labute approximate surface area is 134 Å². The Morgan fingerprint density at radius 1 is 1.33 bits per heavy atom. The van der Waals surface area contributed by atoms with Crippen LogP contribution in [0.1, 0.15) is 29.8 Å². The zero-order valence-corrected chi connectivity index (χ0v) is 13.9. The third kappa shape index (κ3) is 3.88. The van der Waals surface area contributed by atoms with E-state index in [-0.39, 0.29) is 15.9 Å². The van der Waals surface area contributed by atoms with Crippen molar-refractivity contribution < 1.29 is 8.42 Å². The van der Waals surface area contributed by atoms with E-state index in [1.165, 1.54) is 23.5 Å². The normalized spacial score (nSPS) is 13.0. The Morgan fingerprint density at radius 2 is 2.00 bits per heavy atom. The maximum atomic E-state index is 12.4. The quantitative estimate of drug-likeness (QED) is 0.793. The number of hydrogen-bond acceptors (Lipinski definition) is 4. The molecular formula is C14H16N2O2S3. The van der Waals surface area contributed by atoms with E-state index < -0.39 is 10.0 Å². The summed E-state index contributed by atoms with van der Waals surface area (Å²) < 4.78 is 27.5. The summed E-state index contributed by atoms with van der Waals surface area (Å²) in [5.74, 6) is 0. The van der Waals surface area contributed by atoms with Gasteiger partial charge in [0.05, 0.1) is 10.9 Å². The lowest BCUT2D eigenvalue weighted by molar-refractivity contribution is 0.553. The molecule has 112 valence electrons. The number of nitrogens with two attached hydrogens (primary N) is 1. The fourth-order valence-electron chi connectivity index (χ4n) is 1.89. The highest BCUT2D eigenvalue weighted by atomic mass is 32.2. The molecule has 1 atom stereocenters. The van der Waals surface area contributed by atoms with E-state index in [1.807, 2.05) is 24.4 Å². The van der Waals surface area contributed by atoms with Gasteiger partial charge in [-0.15, -0.1) is 11.3 Å². The van der Waals surface area contributed by atoms with Crippen LogP contribution in [0.2, 0.25) is 0 Å². The van der Waals surface area contributed by atoms with Crippen LogP contribution in [0.4, 0.5) is 0 Å². The van der Waals surface area contributed by atoms with Crippen LogP contribution in [0, 0.1) is 0 Å². The van der Waals surface area contributed by atoms with E-state index in [2.05, 4.69) is 4.72 Å². The summed E-state index contributed by atoms with van der Waals surface area (Å²) in [4.78, 5) is 1.45. The van der Waals surface area contributed by atoms with Gasteiger partial charge in [-0.25, -0.2) is 13.1 Å². The molecule has 0 fully saturated rings. The molecule has 21 heavy (non-hydrogen) atoms. The average Bonchev–Trinajstić information content (AvgIpc) is 2.99. The van der Waals surface area contributed by atoms with E-state index in [1.54, 1.807) is 12.1 Å². The number of thiophene rings is 1. The lowest BCUT2D eigenvalue weighted by Crippen LogP contribution is -2.27. The van der Waals surface area contributed by atoms with E-state index >= 15 is 0 Å². The largest absolute Gasteiger partial charge is 0.389 e. The molecule has 0 saturated heterocycles. The number of nitrogens with one attached hydrogen (secondary N) is 1. The minimum atomic E-state index is -3.57. The molecule has 0 amide bonds.